The molecule has 126 valence electrons. The molecule has 2 aromatic carbocycles. The minimum absolute atomic E-state index is 0.364. The topological polar surface area (TPSA) is 82.9 Å². The molecular weight excluding hydrogens is 336 g/mol. The van der Waals surface area contributed by atoms with Gasteiger partial charge in [0, 0.05) is 35.3 Å². The number of amidine groups is 2. The monoisotopic (exact) mass is 352 g/mol. The summed E-state index contributed by atoms with van der Waals surface area (Å²) in [7, 11) is -3.47. The van der Waals surface area contributed by atoms with Crippen LogP contribution in [0.2, 0.25) is 0 Å². The van der Waals surface area contributed by atoms with Crippen LogP contribution in [0.3, 0.4) is 0 Å². The molecule has 0 amide bonds. The molecule has 0 bridgehead atoms. The van der Waals surface area contributed by atoms with E-state index in [1.54, 1.807) is 12.1 Å². The standard InChI is InChI=1S/C18H16N4O2S/c23-25(24)15-3-1-11(17-19-5-6-20-17)9-13(15)14-10-12(2-4-16(14)25)18-21-7-8-22-18/h1-4,9-10H,5-8H2,(H,19,20)(H,21,22). The summed E-state index contributed by atoms with van der Waals surface area (Å²) in [6.45, 7) is 3.13. The third-order valence-corrected chi connectivity index (χ3v) is 6.59. The van der Waals surface area contributed by atoms with Gasteiger partial charge in [-0.15, -0.1) is 0 Å². The normalized spacial score (nSPS) is 19.5. The fourth-order valence-corrected chi connectivity index (χ4v) is 5.19. The van der Waals surface area contributed by atoms with Crippen LogP contribution >= 0.6 is 0 Å². The lowest BCUT2D eigenvalue weighted by Crippen LogP contribution is -2.19. The molecule has 5 rings (SSSR count). The summed E-state index contributed by atoms with van der Waals surface area (Å²) in [6, 6.07) is 10.9. The predicted molar refractivity (Wildman–Crippen MR) is 96.1 cm³/mol. The Bertz CT molecular complexity index is 991. The highest BCUT2D eigenvalue weighted by molar-refractivity contribution is 7.92. The number of sulfone groups is 1. The van der Waals surface area contributed by atoms with Crippen molar-refractivity contribution >= 4 is 21.5 Å². The Hall–Kier alpha value is -2.67. The van der Waals surface area contributed by atoms with Crippen molar-refractivity contribution in [3.8, 4) is 11.1 Å². The molecule has 2 N–H and O–H groups in total. The number of hydrogen-bond donors (Lipinski definition) is 2. The summed E-state index contributed by atoms with van der Waals surface area (Å²) in [5.74, 6) is 1.65. The molecule has 3 aliphatic heterocycles. The van der Waals surface area contributed by atoms with Gasteiger partial charge in [-0.3, -0.25) is 9.98 Å². The van der Waals surface area contributed by atoms with Gasteiger partial charge in [0.1, 0.15) is 11.7 Å². The molecule has 0 aromatic heterocycles. The van der Waals surface area contributed by atoms with Gasteiger partial charge in [-0.25, -0.2) is 8.42 Å². The van der Waals surface area contributed by atoms with E-state index in [0.717, 1.165) is 60.1 Å². The number of nitrogens with zero attached hydrogens (tertiary/aromatic N) is 2. The highest BCUT2D eigenvalue weighted by Crippen LogP contribution is 2.44. The van der Waals surface area contributed by atoms with Crippen LogP contribution in [0, 0.1) is 0 Å². The number of aliphatic imine (C=N–C) groups is 2. The van der Waals surface area contributed by atoms with Crippen LogP contribution in [-0.2, 0) is 9.84 Å². The molecule has 0 saturated heterocycles. The van der Waals surface area contributed by atoms with Crippen LogP contribution in [-0.4, -0.2) is 46.3 Å². The van der Waals surface area contributed by atoms with E-state index in [2.05, 4.69) is 20.6 Å². The van der Waals surface area contributed by atoms with Gasteiger partial charge in [0.2, 0.25) is 9.84 Å². The molecule has 25 heavy (non-hydrogen) atoms. The molecule has 0 aliphatic carbocycles. The van der Waals surface area contributed by atoms with Crippen LogP contribution in [0.5, 0.6) is 0 Å². The average Bonchev–Trinajstić information content (AvgIpc) is 3.36. The van der Waals surface area contributed by atoms with Gasteiger partial charge in [0.25, 0.3) is 0 Å². The van der Waals surface area contributed by atoms with E-state index in [4.69, 9.17) is 0 Å². The van der Waals surface area contributed by atoms with Gasteiger partial charge >= 0.3 is 0 Å². The zero-order valence-electron chi connectivity index (χ0n) is 13.4. The van der Waals surface area contributed by atoms with Crippen molar-refractivity contribution in [2.24, 2.45) is 9.98 Å². The van der Waals surface area contributed by atoms with E-state index in [1.165, 1.54) is 0 Å². The Kier molecular flexibility index (Phi) is 3.03. The van der Waals surface area contributed by atoms with Crippen LogP contribution in [0.4, 0.5) is 0 Å². The molecular formula is C18H16N4O2S. The molecule has 0 spiro atoms. The maximum atomic E-state index is 12.8. The van der Waals surface area contributed by atoms with E-state index in [0.29, 0.717) is 9.79 Å². The summed E-state index contributed by atoms with van der Waals surface area (Å²) in [5, 5.41) is 6.47. The Labute approximate surface area is 145 Å². The zero-order chi connectivity index (χ0) is 17.0. The average molecular weight is 352 g/mol. The van der Waals surface area contributed by atoms with Crippen LogP contribution < -0.4 is 10.6 Å². The number of nitrogens with one attached hydrogen (secondary N) is 2. The predicted octanol–water partition coefficient (Wildman–Crippen LogP) is 1.20. The van der Waals surface area contributed by atoms with Gasteiger partial charge in [-0.2, -0.15) is 0 Å². The summed E-state index contributed by atoms with van der Waals surface area (Å²) < 4.78 is 25.7. The molecule has 0 saturated carbocycles. The van der Waals surface area contributed by atoms with E-state index in [9.17, 15) is 8.42 Å². The highest BCUT2D eigenvalue weighted by Gasteiger charge is 2.34. The van der Waals surface area contributed by atoms with Gasteiger partial charge in [0.15, 0.2) is 0 Å². The maximum Gasteiger partial charge on any atom is 0.207 e. The lowest BCUT2D eigenvalue weighted by Gasteiger charge is -2.07. The molecule has 0 unspecified atom stereocenters. The van der Waals surface area contributed by atoms with Crippen molar-refractivity contribution in [1.82, 2.24) is 10.6 Å². The van der Waals surface area contributed by atoms with E-state index in [-0.39, 0.29) is 0 Å². The fourth-order valence-electron chi connectivity index (χ4n) is 3.55. The zero-order valence-corrected chi connectivity index (χ0v) is 14.2. The molecule has 0 radical (unpaired) electrons. The molecule has 2 aromatic rings. The number of hydrogen-bond acceptors (Lipinski definition) is 6. The van der Waals surface area contributed by atoms with Gasteiger partial charge < -0.3 is 10.6 Å². The molecule has 3 heterocycles. The van der Waals surface area contributed by atoms with Crippen molar-refractivity contribution in [1.29, 1.82) is 0 Å². The van der Waals surface area contributed by atoms with Crippen LogP contribution in [0.15, 0.2) is 56.2 Å². The van der Waals surface area contributed by atoms with Crippen LogP contribution in [0.1, 0.15) is 11.1 Å². The Balaban J connectivity index is 1.71. The van der Waals surface area contributed by atoms with E-state index >= 15 is 0 Å². The number of rotatable bonds is 2. The molecule has 7 heteroatoms. The van der Waals surface area contributed by atoms with E-state index < -0.39 is 9.84 Å². The Morgan fingerprint density at radius 2 is 1.24 bits per heavy atom. The highest BCUT2D eigenvalue weighted by atomic mass is 32.2. The summed E-state index contributed by atoms with van der Waals surface area (Å²) >= 11 is 0. The fraction of sp³-hybridized carbons (Fsp3) is 0.222. The van der Waals surface area contributed by atoms with Crippen molar-refractivity contribution in [2.45, 2.75) is 9.79 Å². The lowest BCUT2D eigenvalue weighted by molar-refractivity contribution is 0.598. The first-order chi connectivity index (χ1) is 12.1. The first kappa shape index (κ1) is 14.7. The second-order valence-corrected chi connectivity index (χ2v) is 8.13. The summed E-state index contributed by atoms with van der Waals surface area (Å²) in [6.07, 6.45) is 0. The Morgan fingerprint density at radius 3 is 1.64 bits per heavy atom. The Morgan fingerprint density at radius 1 is 0.760 bits per heavy atom. The number of fused-ring (bicyclic) bond motifs is 3. The summed E-state index contributed by atoms with van der Waals surface area (Å²) in [4.78, 5) is 9.59. The molecule has 3 aliphatic rings. The van der Waals surface area contributed by atoms with Crippen molar-refractivity contribution in [2.75, 3.05) is 26.2 Å². The summed E-state index contributed by atoms with van der Waals surface area (Å²) in [5.41, 5.74) is 3.32. The molecule has 0 atom stereocenters. The van der Waals surface area contributed by atoms with Crippen molar-refractivity contribution in [3.05, 3.63) is 47.5 Å². The molecule has 6 nitrogen and oxygen atoms in total. The largest absolute Gasteiger partial charge is 0.368 e. The third-order valence-electron chi connectivity index (χ3n) is 4.72. The van der Waals surface area contributed by atoms with Gasteiger partial charge in [-0.05, 0) is 36.4 Å². The van der Waals surface area contributed by atoms with Crippen molar-refractivity contribution in [3.63, 3.8) is 0 Å². The second-order valence-electron chi connectivity index (χ2n) is 6.24. The molecule has 0 fully saturated rings. The maximum absolute atomic E-state index is 12.8. The quantitative estimate of drug-likeness (QED) is 0.726. The first-order valence-electron chi connectivity index (χ1n) is 8.25. The lowest BCUT2D eigenvalue weighted by atomic mass is 10.0. The third kappa shape index (κ3) is 2.12. The minimum Gasteiger partial charge on any atom is -0.368 e. The smallest absolute Gasteiger partial charge is 0.207 e. The van der Waals surface area contributed by atoms with E-state index in [1.807, 2.05) is 24.3 Å². The van der Waals surface area contributed by atoms with Crippen molar-refractivity contribution < 1.29 is 8.42 Å². The van der Waals surface area contributed by atoms with Gasteiger partial charge in [-0.1, -0.05) is 0 Å². The van der Waals surface area contributed by atoms with Crippen LogP contribution in [0.25, 0.3) is 11.1 Å². The minimum atomic E-state index is -3.47. The number of benzene rings is 2. The van der Waals surface area contributed by atoms with Gasteiger partial charge in [0.05, 0.1) is 22.9 Å². The first-order valence-corrected chi connectivity index (χ1v) is 9.74. The SMILES string of the molecule is O=S1(=O)c2ccc(C3=NCCN3)cc2-c2cc(C3=NCCN3)ccc21. The second kappa shape index (κ2) is 5.16.